The topological polar surface area (TPSA) is 97.9 Å². The lowest BCUT2D eigenvalue weighted by atomic mass is 10.0. The molecule has 0 amide bonds. The predicted octanol–water partition coefficient (Wildman–Crippen LogP) is 1.26. The summed E-state index contributed by atoms with van der Waals surface area (Å²) in [5.74, 6) is 2.33. The van der Waals surface area contributed by atoms with Crippen molar-refractivity contribution in [3.8, 4) is 12.3 Å². The second-order valence-corrected chi connectivity index (χ2v) is 6.01. The molecule has 1 aliphatic rings. The minimum absolute atomic E-state index is 0.0364. The summed E-state index contributed by atoms with van der Waals surface area (Å²) in [4.78, 5) is 10.2. The molecular weight excluding hydrogens is 358 g/mol. The van der Waals surface area contributed by atoms with Crippen LogP contribution < -0.4 is 0 Å². The van der Waals surface area contributed by atoms with E-state index in [0.29, 0.717) is 6.42 Å². The number of terminal acetylenes is 1. The molecule has 7 heteroatoms. The number of methoxy groups -OCH3 is 1. The highest BCUT2D eigenvalue weighted by molar-refractivity contribution is 5.96. The SMILES string of the molecule is C#CC1/C=C\N([C@H](OC)[C@H](O)[C@H](O)CCO)CN=CN=C1C/C=C/C=C\C=C. The fraction of sp³-hybridized carbons (Fsp3) is 0.429. The molecule has 3 N–H and O–H groups in total. The van der Waals surface area contributed by atoms with Crippen molar-refractivity contribution in [1.82, 2.24) is 4.90 Å². The lowest BCUT2D eigenvalue weighted by Gasteiger charge is -2.33. The fourth-order valence-corrected chi connectivity index (χ4v) is 2.55. The summed E-state index contributed by atoms with van der Waals surface area (Å²) in [5, 5.41) is 29.3. The molecule has 1 unspecified atom stereocenters. The van der Waals surface area contributed by atoms with E-state index >= 15 is 0 Å². The summed E-state index contributed by atoms with van der Waals surface area (Å²) >= 11 is 0. The Labute approximate surface area is 166 Å². The number of allylic oxidation sites excluding steroid dienone is 6. The van der Waals surface area contributed by atoms with Gasteiger partial charge in [0.1, 0.15) is 19.1 Å². The minimum atomic E-state index is -1.23. The zero-order chi connectivity index (χ0) is 20.8. The van der Waals surface area contributed by atoms with Gasteiger partial charge >= 0.3 is 0 Å². The molecule has 0 fully saturated rings. The van der Waals surface area contributed by atoms with Gasteiger partial charge in [0, 0.05) is 32.0 Å². The Morgan fingerprint density at radius 3 is 2.86 bits per heavy atom. The van der Waals surface area contributed by atoms with Crippen LogP contribution >= 0.6 is 0 Å². The van der Waals surface area contributed by atoms with Gasteiger partial charge < -0.3 is 25.0 Å². The molecule has 0 aromatic heterocycles. The number of hydrogen-bond donors (Lipinski definition) is 3. The normalized spacial score (nSPS) is 22.0. The van der Waals surface area contributed by atoms with Crippen molar-refractivity contribution in [2.75, 3.05) is 20.4 Å². The van der Waals surface area contributed by atoms with Crippen LogP contribution in [0.4, 0.5) is 0 Å². The van der Waals surface area contributed by atoms with Crippen molar-refractivity contribution < 1.29 is 20.1 Å². The summed E-state index contributed by atoms with van der Waals surface area (Å²) < 4.78 is 5.35. The van der Waals surface area contributed by atoms with Crippen molar-refractivity contribution in [1.29, 1.82) is 0 Å². The van der Waals surface area contributed by atoms with Crippen LogP contribution in [-0.2, 0) is 4.74 Å². The summed E-state index contributed by atoms with van der Waals surface area (Å²) in [5.41, 5.74) is 0.752. The molecule has 0 saturated heterocycles. The molecule has 0 aromatic carbocycles. The maximum absolute atomic E-state index is 10.4. The van der Waals surface area contributed by atoms with E-state index in [1.54, 1.807) is 23.3 Å². The Morgan fingerprint density at radius 1 is 1.43 bits per heavy atom. The molecule has 0 spiro atoms. The van der Waals surface area contributed by atoms with Crippen LogP contribution in [0.25, 0.3) is 0 Å². The predicted molar refractivity (Wildman–Crippen MR) is 112 cm³/mol. The fourth-order valence-electron chi connectivity index (χ4n) is 2.55. The first-order valence-electron chi connectivity index (χ1n) is 8.98. The second kappa shape index (κ2) is 13.6. The van der Waals surface area contributed by atoms with Crippen LogP contribution in [0.15, 0.2) is 59.2 Å². The monoisotopic (exact) mass is 387 g/mol. The van der Waals surface area contributed by atoms with Gasteiger partial charge in [-0.1, -0.05) is 42.9 Å². The molecule has 1 aliphatic heterocycles. The van der Waals surface area contributed by atoms with Crippen molar-refractivity contribution in [2.24, 2.45) is 15.9 Å². The molecule has 1 rings (SSSR count). The number of aliphatic hydroxyl groups is 3. The number of ether oxygens (including phenoxy) is 1. The third kappa shape index (κ3) is 7.62. The van der Waals surface area contributed by atoms with Gasteiger partial charge in [-0.3, -0.25) is 4.99 Å². The molecule has 4 atom stereocenters. The molecule has 7 nitrogen and oxygen atoms in total. The minimum Gasteiger partial charge on any atom is -0.396 e. The van der Waals surface area contributed by atoms with Gasteiger partial charge in [0.15, 0.2) is 6.23 Å². The Morgan fingerprint density at radius 2 is 2.21 bits per heavy atom. The van der Waals surface area contributed by atoms with E-state index < -0.39 is 18.4 Å². The van der Waals surface area contributed by atoms with Crippen LogP contribution in [0.3, 0.4) is 0 Å². The van der Waals surface area contributed by atoms with Gasteiger partial charge in [0.2, 0.25) is 0 Å². The van der Waals surface area contributed by atoms with Crippen LogP contribution in [0, 0.1) is 18.3 Å². The molecule has 0 saturated carbocycles. The van der Waals surface area contributed by atoms with Crippen LogP contribution in [-0.4, -0.2) is 71.1 Å². The Kier molecular flexibility index (Phi) is 11.5. The number of nitrogens with zero attached hydrogens (tertiary/aromatic N) is 3. The second-order valence-electron chi connectivity index (χ2n) is 6.01. The largest absolute Gasteiger partial charge is 0.396 e. The number of aliphatic imine (C=N–C) groups is 2. The smallest absolute Gasteiger partial charge is 0.159 e. The van der Waals surface area contributed by atoms with Crippen LogP contribution in [0.2, 0.25) is 0 Å². The van der Waals surface area contributed by atoms with Crippen molar-refractivity contribution in [3.63, 3.8) is 0 Å². The first kappa shape index (κ1) is 23.5. The maximum atomic E-state index is 10.4. The van der Waals surface area contributed by atoms with E-state index in [9.17, 15) is 10.2 Å². The van der Waals surface area contributed by atoms with Crippen LogP contribution in [0.1, 0.15) is 12.8 Å². The number of hydrogen-bond acceptors (Lipinski definition) is 7. The zero-order valence-electron chi connectivity index (χ0n) is 16.1. The van der Waals surface area contributed by atoms with Crippen LogP contribution in [0.5, 0.6) is 0 Å². The summed E-state index contributed by atoms with van der Waals surface area (Å²) in [6.45, 7) is 3.53. The van der Waals surface area contributed by atoms with E-state index in [-0.39, 0.29) is 25.6 Å². The summed E-state index contributed by atoms with van der Waals surface area (Å²) in [7, 11) is 1.42. The van der Waals surface area contributed by atoms with E-state index in [2.05, 4.69) is 22.5 Å². The summed E-state index contributed by atoms with van der Waals surface area (Å²) in [6, 6.07) is 0. The Balaban J connectivity index is 2.96. The van der Waals surface area contributed by atoms with Gasteiger partial charge in [-0.15, -0.1) is 6.42 Å². The van der Waals surface area contributed by atoms with E-state index in [0.717, 1.165) is 5.71 Å². The van der Waals surface area contributed by atoms with Crippen molar-refractivity contribution in [3.05, 3.63) is 49.2 Å². The summed E-state index contributed by atoms with van der Waals surface area (Å²) in [6.07, 6.45) is 17.1. The number of rotatable bonds is 10. The highest BCUT2D eigenvalue weighted by Crippen LogP contribution is 2.15. The van der Waals surface area contributed by atoms with Gasteiger partial charge in [-0.05, 0) is 12.5 Å². The molecule has 152 valence electrons. The molecule has 0 aliphatic carbocycles. The first-order valence-corrected chi connectivity index (χ1v) is 8.98. The van der Waals surface area contributed by atoms with Crippen molar-refractivity contribution in [2.45, 2.75) is 31.3 Å². The van der Waals surface area contributed by atoms with Gasteiger partial charge in [0.05, 0.1) is 12.0 Å². The van der Waals surface area contributed by atoms with Crippen molar-refractivity contribution >= 4 is 12.1 Å². The average Bonchev–Trinajstić information content (AvgIpc) is 2.79. The highest BCUT2D eigenvalue weighted by atomic mass is 16.5. The molecular formula is C21H29N3O4. The van der Waals surface area contributed by atoms with E-state index in [1.165, 1.54) is 13.4 Å². The zero-order valence-corrected chi connectivity index (χ0v) is 16.1. The average molecular weight is 387 g/mol. The standard InChI is InChI=1S/C21H29N3O4/c1-4-6-7-8-9-10-18-17(5-2)11-13-24(16-22-15-23-18)21(28-3)20(27)19(26)12-14-25/h2,4,6-9,11,13,15,17,19-21,25-27H,1,10,12,14,16H2,3H3/b7-6-,9-8+,13-11-,22-15?,23-18?/t17?,19-,20-,21-/m1/s1. The van der Waals surface area contributed by atoms with E-state index in [4.69, 9.17) is 16.3 Å². The van der Waals surface area contributed by atoms with Gasteiger partial charge in [-0.2, -0.15) is 0 Å². The molecule has 0 bridgehead atoms. The molecule has 0 aromatic rings. The van der Waals surface area contributed by atoms with E-state index in [1.807, 2.05) is 24.3 Å². The third-order valence-corrected chi connectivity index (χ3v) is 4.06. The lowest BCUT2D eigenvalue weighted by molar-refractivity contribution is -0.131. The number of aliphatic hydroxyl groups excluding tert-OH is 3. The highest BCUT2D eigenvalue weighted by Gasteiger charge is 2.30. The van der Waals surface area contributed by atoms with Gasteiger partial charge in [-0.25, -0.2) is 4.99 Å². The molecule has 0 radical (unpaired) electrons. The third-order valence-electron chi connectivity index (χ3n) is 4.06. The Hall–Kier alpha value is -2.50. The molecule has 1 heterocycles. The first-order chi connectivity index (χ1) is 13.6. The quantitative estimate of drug-likeness (QED) is 0.387. The maximum Gasteiger partial charge on any atom is 0.159 e. The Bertz CT molecular complexity index is 661. The molecule has 28 heavy (non-hydrogen) atoms. The lowest BCUT2D eigenvalue weighted by Crippen LogP contribution is -2.48. The van der Waals surface area contributed by atoms with Gasteiger partial charge in [0.25, 0.3) is 0 Å².